The summed E-state index contributed by atoms with van der Waals surface area (Å²) in [4.78, 5) is 28.3. The number of benzene rings is 1. The lowest BCUT2D eigenvalue weighted by Crippen LogP contribution is -2.32. The Morgan fingerprint density at radius 2 is 1.91 bits per heavy atom. The zero-order valence-electron chi connectivity index (χ0n) is 13.3. The topological polar surface area (TPSA) is 71.1 Å². The number of hydrogen-bond acceptors (Lipinski definition) is 5. The molecule has 1 aromatic heterocycles. The molecular formula is C16H19N3O2S2. The van der Waals surface area contributed by atoms with Gasteiger partial charge in [-0.3, -0.25) is 14.9 Å². The van der Waals surface area contributed by atoms with Gasteiger partial charge in [0.1, 0.15) is 0 Å². The molecule has 5 nitrogen and oxygen atoms in total. The highest BCUT2D eigenvalue weighted by atomic mass is 32.2. The number of thioether (sulfide) groups is 1. The molecule has 0 bridgehead atoms. The molecule has 0 fully saturated rings. The van der Waals surface area contributed by atoms with E-state index in [4.69, 9.17) is 0 Å². The second-order valence-electron chi connectivity index (χ2n) is 5.64. The molecule has 0 unspecified atom stereocenters. The fourth-order valence-corrected chi connectivity index (χ4v) is 3.26. The van der Waals surface area contributed by atoms with E-state index in [0.717, 1.165) is 5.75 Å². The van der Waals surface area contributed by atoms with Crippen LogP contribution in [0.3, 0.4) is 0 Å². The van der Waals surface area contributed by atoms with Crippen LogP contribution < -0.4 is 10.6 Å². The number of hydrogen-bond donors (Lipinski definition) is 2. The Morgan fingerprint density at radius 3 is 2.48 bits per heavy atom. The van der Waals surface area contributed by atoms with Crippen molar-refractivity contribution in [1.82, 2.24) is 4.98 Å². The van der Waals surface area contributed by atoms with E-state index in [-0.39, 0.29) is 11.8 Å². The van der Waals surface area contributed by atoms with Gasteiger partial charge in [0, 0.05) is 28.6 Å². The Hall–Kier alpha value is -1.86. The number of aromatic nitrogens is 1. The number of anilines is 2. The van der Waals surface area contributed by atoms with E-state index in [1.54, 1.807) is 47.6 Å². The smallest absolute Gasteiger partial charge is 0.257 e. The molecule has 1 heterocycles. The Bertz CT molecular complexity index is 667. The van der Waals surface area contributed by atoms with Gasteiger partial charge in [0.25, 0.3) is 5.91 Å². The van der Waals surface area contributed by atoms with Crippen LogP contribution in [-0.4, -0.2) is 28.8 Å². The van der Waals surface area contributed by atoms with Gasteiger partial charge in [-0.05, 0) is 30.5 Å². The molecule has 2 aromatic rings. The molecule has 0 aliphatic heterocycles. The second-order valence-corrected chi connectivity index (χ2v) is 7.40. The number of carbonyl (C=O) groups is 2. The van der Waals surface area contributed by atoms with Gasteiger partial charge in [0.15, 0.2) is 5.13 Å². The maximum atomic E-state index is 12.2. The van der Waals surface area contributed by atoms with Gasteiger partial charge in [-0.25, -0.2) is 4.98 Å². The lowest BCUT2D eigenvalue weighted by atomic mass is 9.95. The van der Waals surface area contributed by atoms with Crippen molar-refractivity contribution in [2.75, 3.05) is 22.6 Å². The predicted molar refractivity (Wildman–Crippen MR) is 97.3 cm³/mol. The van der Waals surface area contributed by atoms with E-state index in [1.807, 2.05) is 20.1 Å². The average molecular weight is 349 g/mol. The Balaban J connectivity index is 1.99. The first-order valence-corrected chi connectivity index (χ1v) is 9.31. The van der Waals surface area contributed by atoms with E-state index in [2.05, 4.69) is 15.6 Å². The van der Waals surface area contributed by atoms with Gasteiger partial charge < -0.3 is 5.32 Å². The summed E-state index contributed by atoms with van der Waals surface area (Å²) in [5.74, 6) is 0.486. The third kappa shape index (κ3) is 4.80. The molecule has 0 radical (unpaired) electrons. The minimum absolute atomic E-state index is 0.0353. The highest BCUT2D eigenvalue weighted by Crippen LogP contribution is 2.23. The minimum atomic E-state index is -0.444. The molecule has 23 heavy (non-hydrogen) atoms. The summed E-state index contributed by atoms with van der Waals surface area (Å²) in [7, 11) is 0. The predicted octanol–water partition coefficient (Wildman–Crippen LogP) is 3.72. The largest absolute Gasteiger partial charge is 0.326 e. The van der Waals surface area contributed by atoms with Crippen LogP contribution in [-0.2, 0) is 4.79 Å². The SMILES string of the molecule is CSCC(C)(C)C(=O)Nc1ccc(C(=O)Nc2nccs2)cc1. The second kappa shape index (κ2) is 7.61. The summed E-state index contributed by atoms with van der Waals surface area (Å²) in [5, 5.41) is 7.96. The van der Waals surface area contributed by atoms with Gasteiger partial charge in [0.2, 0.25) is 5.91 Å². The fraction of sp³-hybridized carbons (Fsp3) is 0.312. The van der Waals surface area contributed by atoms with Crippen molar-refractivity contribution in [1.29, 1.82) is 0 Å². The molecule has 0 atom stereocenters. The minimum Gasteiger partial charge on any atom is -0.326 e. The quantitative estimate of drug-likeness (QED) is 0.834. The maximum Gasteiger partial charge on any atom is 0.257 e. The zero-order chi connectivity index (χ0) is 16.9. The van der Waals surface area contributed by atoms with Crippen molar-refractivity contribution in [3.05, 3.63) is 41.4 Å². The van der Waals surface area contributed by atoms with Gasteiger partial charge in [-0.2, -0.15) is 11.8 Å². The summed E-state index contributed by atoms with van der Waals surface area (Å²) in [5.41, 5.74) is 0.747. The Kier molecular flexibility index (Phi) is 5.79. The van der Waals surface area contributed by atoms with Crippen LogP contribution in [0.2, 0.25) is 0 Å². The van der Waals surface area contributed by atoms with Crippen LogP contribution in [0.5, 0.6) is 0 Å². The highest BCUT2D eigenvalue weighted by Gasteiger charge is 2.26. The van der Waals surface area contributed by atoms with E-state index in [9.17, 15) is 9.59 Å². The first kappa shape index (κ1) is 17.5. The normalized spacial score (nSPS) is 11.1. The van der Waals surface area contributed by atoms with Crippen LogP contribution in [0.4, 0.5) is 10.8 Å². The lowest BCUT2D eigenvalue weighted by Gasteiger charge is -2.22. The zero-order valence-corrected chi connectivity index (χ0v) is 14.9. The number of nitrogens with zero attached hydrogens (tertiary/aromatic N) is 1. The van der Waals surface area contributed by atoms with Crippen molar-refractivity contribution >= 4 is 45.7 Å². The van der Waals surface area contributed by atoms with Crippen molar-refractivity contribution in [2.24, 2.45) is 5.41 Å². The van der Waals surface area contributed by atoms with E-state index in [1.165, 1.54) is 11.3 Å². The molecule has 0 saturated heterocycles. The molecule has 2 amide bonds. The Morgan fingerprint density at radius 1 is 1.22 bits per heavy atom. The summed E-state index contributed by atoms with van der Waals surface area (Å²) < 4.78 is 0. The standard InChI is InChI=1S/C16H19N3O2S2/c1-16(2,10-22-3)14(21)18-12-6-4-11(5-7-12)13(20)19-15-17-8-9-23-15/h4-9H,10H2,1-3H3,(H,18,21)(H,17,19,20). The molecule has 2 N–H and O–H groups in total. The van der Waals surface area contributed by atoms with Crippen LogP contribution in [0.1, 0.15) is 24.2 Å². The van der Waals surface area contributed by atoms with Crippen LogP contribution >= 0.6 is 23.1 Å². The summed E-state index contributed by atoms with van der Waals surface area (Å²) in [6.45, 7) is 3.82. The first-order chi connectivity index (χ1) is 10.9. The summed E-state index contributed by atoms with van der Waals surface area (Å²) >= 11 is 3.00. The number of rotatable bonds is 6. The van der Waals surface area contributed by atoms with Gasteiger partial charge >= 0.3 is 0 Å². The van der Waals surface area contributed by atoms with Crippen LogP contribution in [0.15, 0.2) is 35.8 Å². The monoisotopic (exact) mass is 349 g/mol. The van der Waals surface area contributed by atoms with Crippen molar-refractivity contribution in [3.63, 3.8) is 0 Å². The molecule has 0 spiro atoms. The van der Waals surface area contributed by atoms with Crippen molar-refractivity contribution in [3.8, 4) is 0 Å². The number of carbonyl (C=O) groups excluding carboxylic acids is 2. The molecular weight excluding hydrogens is 330 g/mol. The van der Waals surface area contributed by atoms with E-state index >= 15 is 0 Å². The van der Waals surface area contributed by atoms with Gasteiger partial charge in [0.05, 0.1) is 5.41 Å². The fourth-order valence-electron chi connectivity index (χ4n) is 1.89. The van der Waals surface area contributed by atoms with Crippen molar-refractivity contribution < 1.29 is 9.59 Å². The molecule has 122 valence electrons. The third-order valence-corrected chi connectivity index (χ3v) is 4.88. The molecule has 0 aliphatic carbocycles. The van der Waals surface area contributed by atoms with Crippen molar-refractivity contribution in [2.45, 2.75) is 13.8 Å². The summed E-state index contributed by atoms with van der Waals surface area (Å²) in [6.07, 6.45) is 3.61. The number of thiazole rings is 1. The molecule has 7 heteroatoms. The maximum absolute atomic E-state index is 12.2. The average Bonchev–Trinajstić information content (AvgIpc) is 3.00. The molecule has 0 saturated carbocycles. The molecule has 1 aromatic carbocycles. The van der Waals surface area contributed by atoms with Crippen LogP contribution in [0, 0.1) is 5.41 Å². The highest BCUT2D eigenvalue weighted by molar-refractivity contribution is 7.98. The Labute approximate surface area is 143 Å². The summed E-state index contributed by atoms with van der Waals surface area (Å²) in [6, 6.07) is 6.81. The molecule has 2 rings (SSSR count). The third-order valence-electron chi connectivity index (χ3n) is 3.18. The van der Waals surface area contributed by atoms with Gasteiger partial charge in [-0.15, -0.1) is 11.3 Å². The molecule has 0 aliphatic rings. The van der Waals surface area contributed by atoms with E-state index < -0.39 is 5.41 Å². The van der Waals surface area contributed by atoms with E-state index in [0.29, 0.717) is 16.4 Å². The van der Waals surface area contributed by atoms with Gasteiger partial charge in [-0.1, -0.05) is 13.8 Å². The number of amides is 2. The van der Waals surface area contributed by atoms with Crippen LogP contribution in [0.25, 0.3) is 0 Å². The lowest BCUT2D eigenvalue weighted by molar-refractivity contribution is -0.122. The number of nitrogens with one attached hydrogen (secondary N) is 2. The first-order valence-electron chi connectivity index (χ1n) is 7.04.